The number of carbonyl (C=O) groups excluding carboxylic acids is 1. The Hall–Kier alpha value is -3.24. The molecule has 0 radical (unpaired) electrons. The number of esters is 1. The van der Waals surface area contributed by atoms with Gasteiger partial charge in [-0.2, -0.15) is 5.26 Å². The fourth-order valence-corrected chi connectivity index (χ4v) is 3.02. The summed E-state index contributed by atoms with van der Waals surface area (Å²) < 4.78 is 17.4. The molecule has 1 heterocycles. The van der Waals surface area contributed by atoms with Gasteiger partial charge < -0.3 is 13.9 Å². The predicted molar refractivity (Wildman–Crippen MR) is 103 cm³/mol. The van der Waals surface area contributed by atoms with Crippen LogP contribution in [0.25, 0.3) is 11.1 Å². The highest BCUT2D eigenvalue weighted by molar-refractivity contribution is 6.32. The summed E-state index contributed by atoms with van der Waals surface area (Å²) in [5.74, 6) is -0.674. The van der Waals surface area contributed by atoms with E-state index < -0.39 is 11.7 Å². The lowest BCUT2D eigenvalue weighted by Gasteiger charge is -2.12. The molecule has 0 N–H and O–H groups in total. The summed E-state index contributed by atoms with van der Waals surface area (Å²) in [5, 5.41) is 9.14. The van der Waals surface area contributed by atoms with Crippen molar-refractivity contribution < 1.29 is 18.7 Å². The molecule has 0 saturated carbocycles. The van der Waals surface area contributed by atoms with Crippen LogP contribution in [0, 0.1) is 11.3 Å². The molecule has 7 nitrogen and oxygen atoms in total. The molecule has 0 amide bonds. The standard InChI is InChI=1S/C20H17ClN2O5/c1-2-26-17-11-13(12-22)10-14(21)19(17)28-18(24)8-5-9-23-15-6-3-4-7-16(15)27-20(23)25/h3-4,6-7,10-11H,2,5,8-9H2,1H3. The Kier molecular flexibility index (Phi) is 6.02. The molecule has 0 fully saturated rings. The maximum Gasteiger partial charge on any atom is 0.419 e. The number of fused-ring (bicyclic) bond motifs is 1. The van der Waals surface area contributed by atoms with E-state index in [2.05, 4.69) is 0 Å². The van der Waals surface area contributed by atoms with Gasteiger partial charge in [0, 0.05) is 19.0 Å². The summed E-state index contributed by atoms with van der Waals surface area (Å²) in [4.78, 5) is 24.2. The predicted octanol–water partition coefficient (Wildman–Crippen LogP) is 3.90. The third-order valence-electron chi connectivity index (χ3n) is 3.99. The minimum atomic E-state index is -0.520. The summed E-state index contributed by atoms with van der Waals surface area (Å²) in [6.45, 7) is 2.40. The first-order valence-electron chi connectivity index (χ1n) is 8.69. The topological polar surface area (TPSA) is 94.5 Å². The molecule has 28 heavy (non-hydrogen) atoms. The van der Waals surface area contributed by atoms with Crippen molar-refractivity contribution in [1.29, 1.82) is 5.26 Å². The van der Waals surface area contributed by atoms with Crippen molar-refractivity contribution >= 4 is 28.7 Å². The van der Waals surface area contributed by atoms with Crippen molar-refractivity contribution in [3.05, 3.63) is 57.5 Å². The minimum absolute atomic E-state index is 0.0633. The summed E-state index contributed by atoms with van der Waals surface area (Å²) in [6.07, 6.45) is 0.438. The van der Waals surface area contributed by atoms with E-state index in [-0.39, 0.29) is 22.9 Å². The van der Waals surface area contributed by atoms with Gasteiger partial charge in [0.1, 0.15) is 0 Å². The number of aromatic nitrogens is 1. The third-order valence-corrected chi connectivity index (χ3v) is 4.27. The Morgan fingerprint density at radius 3 is 2.86 bits per heavy atom. The van der Waals surface area contributed by atoms with Gasteiger partial charge in [-0.15, -0.1) is 0 Å². The SMILES string of the molecule is CCOc1cc(C#N)cc(Cl)c1OC(=O)CCCn1c(=O)oc2ccccc21. The van der Waals surface area contributed by atoms with Crippen LogP contribution in [-0.4, -0.2) is 17.1 Å². The number of para-hydroxylation sites is 2. The van der Waals surface area contributed by atoms with Crippen LogP contribution in [0.4, 0.5) is 0 Å². The highest BCUT2D eigenvalue weighted by atomic mass is 35.5. The van der Waals surface area contributed by atoms with Crippen LogP contribution in [0.15, 0.2) is 45.6 Å². The molecule has 0 atom stereocenters. The number of hydrogen-bond donors (Lipinski definition) is 0. The lowest BCUT2D eigenvalue weighted by Crippen LogP contribution is -2.16. The van der Waals surface area contributed by atoms with E-state index in [0.29, 0.717) is 36.2 Å². The van der Waals surface area contributed by atoms with Gasteiger partial charge in [-0.05, 0) is 31.5 Å². The van der Waals surface area contributed by atoms with Crippen molar-refractivity contribution in [2.75, 3.05) is 6.61 Å². The average Bonchev–Trinajstić information content (AvgIpc) is 3.00. The number of benzene rings is 2. The molecule has 0 aliphatic carbocycles. The van der Waals surface area contributed by atoms with E-state index in [4.69, 9.17) is 30.8 Å². The number of hydrogen-bond acceptors (Lipinski definition) is 6. The molecule has 0 aliphatic rings. The number of nitriles is 1. The van der Waals surface area contributed by atoms with Crippen LogP contribution in [-0.2, 0) is 11.3 Å². The summed E-state index contributed by atoms with van der Waals surface area (Å²) in [5.41, 5.74) is 1.48. The zero-order chi connectivity index (χ0) is 20.1. The van der Waals surface area contributed by atoms with Crippen molar-refractivity contribution in [3.8, 4) is 17.6 Å². The van der Waals surface area contributed by atoms with Crippen LogP contribution in [0.1, 0.15) is 25.3 Å². The molecule has 0 bridgehead atoms. The van der Waals surface area contributed by atoms with Gasteiger partial charge in [-0.3, -0.25) is 9.36 Å². The van der Waals surface area contributed by atoms with Crippen LogP contribution >= 0.6 is 11.6 Å². The van der Waals surface area contributed by atoms with Gasteiger partial charge in [0.25, 0.3) is 0 Å². The molecule has 2 aromatic carbocycles. The number of ether oxygens (including phenoxy) is 2. The Balaban J connectivity index is 1.67. The first-order chi connectivity index (χ1) is 13.5. The van der Waals surface area contributed by atoms with Crippen LogP contribution < -0.4 is 15.2 Å². The van der Waals surface area contributed by atoms with Gasteiger partial charge in [0.05, 0.1) is 28.8 Å². The first kappa shape index (κ1) is 19.5. The Bertz CT molecular complexity index is 1110. The minimum Gasteiger partial charge on any atom is -0.490 e. The smallest absolute Gasteiger partial charge is 0.419 e. The zero-order valence-corrected chi connectivity index (χ0v) is 15.9. The summed E-state index contributed by atoms with van der Waals surface area (Å²) in [7, 11) is 0. The van der Waals surface area contributed by atoms with Gasteiger partial charge in [0.15, 0.2) is 17.1 Å². The molecule has 0 aliphatic heterocycles. The van der Waals surface area contributed by atoms with E-state index >= 15 is 0 Å². The van der Waals surface area contributed by atoms with Gasteiger partial charge in [-0.1, -0.05) is 23.7 Å². The Morgan fingerprint density at radius 2 is 2.11 bits per heavy atom. The van der Waals surface area contributed by atoms with Crippen molar-refractivity contribution in [3.63, 3.8) is 0 Å². The highest BCUT2D eigenvalue weighted by Gasteiger charge is 2.17. The summed E-state index contributed by atoms with van der Waals surface area (Å²) in [6, 6.07) is 11.9. The normalized spacial score (nSPS) is 10.6. The molecule has 144 valence electrons. The number of oxazole rings is 1. The largest absolute Gasteiger partial charge is 0.490 e. The molecule has 0 spiro atoms. The number of rotatable bonds is 7. The molecule has 3 rings (SSSR count). The second kappa shape index (κ2) is 8.63. The molecule has 0 unspecified atom stereocenters. The number of nitrogens with zero attached hydrogens (tertiary/aromatic N) is 2. The van der Waals surface area contributed by atoms with Crippen LogP contribution in [0.3, 0.4) is 0 Å². The maximum absolute atomic E-state index is 12.2. The van der Waals surface area contributed by atoms with Gasteiger partial charge in [-0.25, -0.2) is 4.79 Å². The monoisotopic (exact) mass is 400 g/mol. The average molecular weight is 401 g/mol. The summed E-state index contributed by atoms with van der Waals surface area (Å²) >= 11 is 6.13. The molecule has 0 saturated heterocycles. The Labute approximate surface area is 165 Å². The van der Waals surface area contributed by atoms with Crippen molar-refractivity contribution in [1.82, 2.24) is 4.57 Å². The lowest BCUT2D eigenvalue weighted by molar-refractivity contribution is -0.134. The molecule has 1 aromatic heterocycles. The quantitative estimate of drug-likeness (QED) is 0.441. The molecule has 8 heteroatoms. The maximum atomic E-state index is 12.2. The second-order valence-corrected chi connectivity index (χ2v) is 6.30. The molecule has 3 aromatic rings. The van der Waals surface area contributed by atoms with Crippen molar-refractivity contribution in [2.45, 2.75) is 26.3 Å². The van der Waals surface area contributed by atoms with Crippen LogP contribution in [0.2, 0.25) is 5.02 Å². The van der Waals surface area contributed by atoms with E-state index in [1.807, 2.05) is 12.1 Å². The third kappa shape index (κ3) is 4.18. The molecular formula is C20H17ClN2O5. The van der Waals surface area contributed by atoms with Gasteiger partial charge in [0.2, 0.25) is 0 Å². The van der Waals surface area contributed by atoms with E-state index in [0.717, 1.165) is 0 Å². The first-order valence-corrected chi connectivity index (χ1v) is 9.06. The van der Waals surface area contributed by atoms with E-state index in [9.17, 15) is 9.59 Å². The lowest BCUT2D eigenvalue weighted by atomic mass is 10.2. The molecular weight excluding hydrogens is 384 g/mol. The van der Waals surface area contributed by atoms with Gasteiger partial charge >= 0.3 is 11.7 Å². The van der Waals surface area contributed by atoms with E-state index in [1.54, 1.807) is 25.1 Å². The second-order valence-electron chi connectivity index (χ2n) is 5.90. The van der Waals surface area contributed by atoms with E-state index in [1.165, 1.54) is 16.7 Å². The number of carbonyl (C=O) groups is 1. The van der Waals surface area contributed by atoms with Crippen molar-refractivity contribution in [2.24, 2.45) is 0 Å². The Morgan fingerprint density at radius 1 is 1.32 bits per heavy atom. The number of halogens is 1. The fourth-order valence-electron chi connectivity index (χ4n) is 2.77. The zero-order valence-electron chi connectivity index (χ0n) is 15.1. The number of aryl methyl sites for hydroxylation is 1. The highest BCUT2D eigenvalue weighted by Crippen LogP contribution is 2.36. The van der Waals surface area contributed by atoms with Crippen LogP contribution in [0.5, 0.6) is 11.5 Å². The fraction of sp³-hybridized carbons (Fsp3) is 0.250.